The quantitative estimate of drug-likeness (QED) is 0.185. The Labute approximate surface area is 234 Å². The minimum absolute atomic E-state index is 0.0861. The Morgan fingerprint density at radius 2 is 1.77 bits per heavy atom. The molecule has 40 heavy (non-hydrogen) atoms. The SMILES string of the molecule is CCOC(=O)c1cnn(-c2cccc(-c3cccc(C(=O)CC4CCCCC4)c3)c2)c1C1CC1c1cn(C)nn1. The van der Waals surface area contributed by atoms with Gasteiger partial charge in [0.05, 0.1) is 29.9 Å². The van der Waals surface area contributed by atoms with E-state index in [0.717, 1.165) is 53.0 Å². The summed E-state index contributed by atoms with van der Waals surface area (Å²) in [4.78, 5) is 26.0. The maximum absolute atomic E-state index is 13.1. The Hall–Kier alpha value is -4.07. The fourth-order valence-corrected chi connectivity index (χ4v) is 6.11. The maximum Gasteiger partial charge on any atom is 0.341 e. The first kappa shape index (κ1) is 26.2. The van der Waals surface area contributed by atoms with Gasteiger partial charge < -0.3 is 4.74 Å². The molecule has 0 radical (unpaired) electrons. The number of carbonyl (C=O) groups excluding carboxylic acids is 2. The summed E-state index contributed by atoms with van der Waals surface area (Å²) >= 11 is 0. The molecule has 8 nitrogen and oxygen atoms in total. The van der Waals surface area contributed by atoms with Crippen molar-refractivity contribution in [3.8, 4) is 16.8 Å². The average molecular weight is 538 g/mol. The highest BCUT2D eigenvalue weighted by atomic mass is 16.5. The van der Waals surface area contributed by atoms with Crippen LogP contribution in [0.5, 0.6) is 0 Å². The first-order valence-corrected chi connectivity index (χ1v) is 14.4. The first-order valence-electron chi connectivity index (χ1n) is 14.4. The minimum Gasteiger partial charge on any atom is -0.462 e. The largest absolute Gasteiger partial charge is 0.462 e. The van der Waals surface area contributed by atoms with Gasteiger partial charge in [0.1, 0.15) is 5.56 Å². The number of Topliss-reactive ketones (excluding diaryl/α,β-unsaturated/α-hetero) is 1. The minimum atomic E-state index is -0.367. The van der Waals surface area contributed by atoms with Gasteiger partial charge in [-0.25, -0.2) is 9.48 Å². The number of carbonyl (C=O) groups is 2. The van der Waals surface area contributed by atoms with Crippen molar-refractivity contribution in [2.45, 2.75) is 63.7 Å². The van der Waals surface area contributed by atoms with Crippen molar-refractivity contribution in [3.05, 3.63) is 83.4 Å². The monoisotopic (exact) mass is 537 g/mol. The fraction of sp³-hybridized carbons (Fsp3) is 0.406. The molecule has 0 bridgehead atoms. The number of ether oxygens (including phenoxy) is 1. The zero-order valence-electron chi connectivity index (χ0n) is 23.1. The van der Waals surface area contributed by atoms with Gasteiger partial charge in [-0.1, -0.05) is 67.6 Å². The van der Waals surface area contributed by atoms with Gasteiger partial charge in [-0.15, -0.1) is 5.10 Å². The Kier molecular flexibility index (Phi) is 7.32. The molecule has 2 atom stereocenters. The number of aromatic nitrogens is 5. The Balaban J connectivity index is 1.30. The van der Waals surface area contributed by atoms with Gasteiger partial charge in [0.2, 0.25) is 0 Å². The van der Waals surface area contributed by atoms with Gasteiger partial charge in [-0.2, -0.15) is 5.10 Å². The molecule has 2 aliphatic rings. The normalized spacial score (nSPS) is 18.9. The predicted molar refractivity (Wildman–Crippen MR) is 152 cm³/mol. The molecule has 0 spiro atoms. The molecule has 0 N–H and O–H groups in total. The van der Waals surface area contributed by atoms with Crippen molar-refractivity contribution < 1.29 is 14.3 Å². The third kappa shape index (κ3) is 5.35. The number of hydrogen-bond donors (Lipinski definition) is 0. The molecule has 6 rings (SSSR count). The van der Waals surface area contributed by atoms with Crippen LogP contribution in [0.3, 0.4) is 0 Å². The summed E-state index contributed by atoms with van der Waals surface area (Å²) in [6.07, 6.45) is 11.1. The predicted octanol–water partition coefficient (Wildman–Crippen LogP) is 6.27. The number of nitrogens with zero attached hydrogens (tertiary/aromatic N) is 5. The summed E-state index contributed by atoms with van der Waals surface area (Å²) in [6.45, 7) is 2.10. The number of benzene rings is 2. The van der Waals surface area contributed by atoms with Gasteiger partial charge >= 0.3 is 5.97 Å². The average Bonchev–Trinajstić information content (AvgIpc) is 3.43. The van der Waals surface area contributed by atoms with Crippen LogP contribution in [0.25, 0.3) is 16.8 Å². The van der Waals surface area contributed by atoms with E-state index in [4.69, 9.17) is 4.74 Å². The van der Waals surface area contributed by atoms with Crippen molar-refractivity contribution in [3.63, 3.8) is 0 Å². The zero-order chi connectivity index (χ0) is 27.6. The van der Waals surface area contributed by atoms with Gasteiger partial charge in [-0.05, 0) is 48.6 Å². The zero-order valence-corrected chi connectivity index (χ0v) is 23.1. The van der Waals surface area contributed by atoms with Gasteiger partial charge in [0.15, 0.2) is 5.78 Å². The van der Waals surface area contributed by atoms with Crippen LogP contribution >= 0.6 is 0 Å². The molecule has 0 amide bonds. The maximum atomic E-state index is 13.1. The van der Waals surface area contributed by atoms with Crippen LogP contribution < -0.4 is 0 Å². The van der Waals surface area contributed by atoms with Crippen LogP contribution in [0, 0.1) is 5.92 Å². The van der Waals surface area contributed by atoms with Gasteiger partial charge in [0, 0.05) is 37.1 Å². The molecule has 0 aliphatic heterocycles. The molecule has 2 aliphatic carbocycles. The molecular formula is C32H35N5O3. The van der Waals surface area contributed by atoms with Crippen molar-refractivity contribution in [2.75, 3.05) is 6.61 Å². The summed E-state index contributed by atoms with van der Waals surface area (Å²) in [7, 11) is 1.85. The van der Waals surface area contributed by atoms with Crippen molar-refractivity contribution >= 4 is 11.8 Å². The Morgan fingerprint density at radius 3 is 2.52 bits per heavy atom. The van der Waals surface area contributed by atoms with E-state index < -0.39 is 0 Å². The number of ketones is 1. The molecule has 4 aromatic rings. The van der Waals surface area contributed by atoms with E-state index in [1.165, 1.54) is 19.3 Å². The van der Waals surface area contributed by atoms with Crippen LogP contribution in [0.4, 0.5) is 0 Å². The fourth-order valence-electron chi connectivity index (χ4n) is 6.11. The van der Waals surface area contributed by atoms with Crippen LogP contribution in [-0.2, 0) is 11.8 Å². The molecule has 206 valence electrons. The molecule has 2 saturated carbocycles. The number of aryl methyl sites for hydroxylation is 1. The molecule has 2 heterocycles. The first-order chi connectivity index (χ1) is 19.5. The topological polar surface area (TPSA) is 91.9 Å². The van der Waals surface area contributed by atoms with Gasteiger partial charge in [-0.3, -0.25) is 9.48 Å². The Bertz CT molecular complexity index is 1530. The highest BCUT2D eigenvalue weighted by Crippen LogP contribution is 2.55. The second-order valence-electron chi connectivity index (χ2n) is 11.1. The van der Waals surface area contributed by atoms with Crippen LogP contribution in [0.15, 0.2) is 60.9 Å². The second-order valence-corrected chi connectivity index (χ2v) is 11.1. The molecule has 2 fully saturated rings. The molecule has 8 heteroatoms. The van der Waals surface area contributed by atoms with E-state index in [1.54, 1.807) is 17.8 Å². The lowest BCUT2D eigenvalue weighted by atomic mass is 9.84. The highest BCUT2D eigenvalue weighted by molar-refractivity contribution is 5.97. The van der Waals surface area contributed by atoms with E-state index in [0.29, 0.717) is 24.5 Å². The lowest BCUT2D eigenvalue weighted by molar-refractivity contribution is 0.0524. The third-order valence-electron chi connectivity index (χ3n) is 8.25. The number of hydrogen-bond acceptors (Lipinski definition) is 6. The second kappa shape index (κ2) is 11.2. The smallest absolute Gasteiger partial charge is 0.341 e. The lowest BCUT2D eigenvalue weighted by Gasteiger charge is -2.20. The van der Waals surface area contributed by atoms with E-state index in [2.05, 4.69) is 21.5 Å². The highest BCUT2D eigenvalue weighted by Gasteiger charge is 2.46. The summed E-state index contributed by atoms with van der Waals surface area (Å²) in [6, 6.07) is 16.0. The summed E-state index contributed by atoms with van der Waals surface area (Å²) in [5.41, 5.74) is 5.83. The van der Waals surface area contributed by atoms with Gasteiger partial charge in [0.25, 0.3) is 0 Å². The summed E-state index contributed by atoms with van der Waals surface area (Å²) in [5, 5.41) is 13.0. The van der Waals surface area contributed by atoms with E-state index in [9.17, 15) is 9.59 Å². The van der Waals surface area contributed by atoms with E-state index in [-0.39, 0.29) is 23.6 Å². The van der Waals surface area contributed by atoms with Crippen molar-refractivity contribution in [1.29, 1.82) is 0 Å². The van der Waals surface area contributed by atoms with Crippen LogP contribution in [0.2, 0.25) is 0 Å². The van der Waals surface area contributed by atoms with Crippen LogP contribution in [0.1, 0.15) is 95.8 Å². The molecule has 0 saturated heterocycles. The van der Waals surface area contributed by atoms with Crippen molar-refractivity contribution in [2.24, 2.45) is 13.0 Å². The molecule has 2 unspecified atom stereocenters. The third-order valence-corrected chi connectivity index (χ3v) is 8.25. The number of rotatable bonds is 9. The van der Waals surface area contributed by atoms with E-state index >= 15 is 0 Å². The number of esters is 1. The standard InChI is InChI=1S/C32H35N5O3/c1-3-40-32(39)28-19-33-37(31(28)27-18-26(27)29-20-36(2)35-34-29)25-14-8-12-23(17-25)22-11-7-13-24(16-22)30(38)15-21-9-5-4-6-10-21/h7-8,11-14,16-17,19-21,26-27H,3-6,9-10,15,18H2,1-2H3. The van der Waals surface area contributed by atoms with Crippen LogP contribution in [-0.4, -0.2) is 43.1 Å². The lowest BCUT2D eigenvalue weighted by Crippen LogP contribution is -2.12. The molecule has 2 aromatic carbocycles. The van der Waals surface area contributed by atoms with E-state index in [1.807, 2.05) is 60.4 Å². The Morgan fingerprint density at radius 1 is 1.00 bits per heavy atom. The van der Waals surface area contributed by atoms with Crippen molar-refractivity contribution in [1.82, 2.24) is 24.8 Å². The molecule has 2 aromatic heterocycles. The molecular weight excluding hydrogens is 502 g/mol. The summed E-state index contributed by atoms with van der Waals surface area (Å²) in [5.74, 6) is 0.625. The summed E-state index contributed by atoms with van der Waals surface area (Å²) < 4.78 is 8.92.